The Morgan fingerprint density at radius 3 is 2.45 bits per heavy atom. The number of halogens is 5. The Balaban J connectivity index is 1.88. The molecule has 0 aliphatic rings. The highest BCUT2D eigenvalue weighted by Crippen LogP contribution is 2.36. The van der Waals surface area contributed by atoms with E-state index >= 15 is 0 Å². The number of hydrogen-bond acceptors (Lipinski definition) is 5. The van der Waals surface area contributed by atoms with Gasteiger partial charge in [-0.15, -0.1) is 11.3 Å². The first-order valence-electron chi connectivity index (χ1n) is 8.10. The highest BCUT2D eigenvalue weighted by atomic mass is 32.1. The lowest BCUT2D eigenvalue weighted by Crippen LogP contribution is -2.08. The number of alkyl halides is 5. The van der Waals surface area contributed by atoms with Gasteiger partial charge in [0.1, 0.15) is 26.8 Å². The maximum atomic E-state index is 13.0. The van der Waals surface area contributed by atoms with Crippen LogP contribution in [0.4, 0.5) is 22.0 Å². The van der Waals surface area contributed by atoms with Gasteiger partial charge < -0.3 is 9.72 Å². The van der Waals surface area contributed by atoms with Gasteiger partial charge in [-0.25, -0.2) is 9.97 Å². The number of fused-ring (bicyclic) bond motifs is 3. The van der Waals surface area contributed by atoms with E-state index in [4.69, 9.17) is 0 Å². The zero-order valence-corrected chi connectivity index (χ0v) is 15.3. The number of hydrogen-bond donors (Lipinski definition) is 1. The van der Waals surface area contributed by atoms with Crippen molar-refractivity contribution in [2.24, 2.45) is 0 Å². The molecular formula is C18H10F5N3O2S. The zero-order valence-electron chi connectivity index (χ0n) is 14.5. The predicted molar refractivity (Wildman–Crippen MR) is 97.3 cm³/mol. The molecule has 0 saturated heterocycles. The van der Waals surface area contributed by atoms with Crippen LogP contribution in [0.1, 0.15) is 11.3 Å². The van der Waals surface area contributed by atoms with Crippen LogP contribution < -0.4 is 10.3 Å². The van der Waals surface area contributed by atoms with Gasteiger partial charge in [-0.2, -0.15) is 22.0 Å². The Kier molecular flexibility index (Phi) is 4.49. The van der Waals surface area contributed by atoms with Gasteiger partial charge in [-0.1, -0.05) is 0 Å². The summed E-state index contributed by atoms with van der Waals surface area (Å²) in [5.74, 6) is 0.0815. The van der Waals surface area contributed by atoms with Crippen molar-refractivity contribution in [3.63, 3.8) is 0 Å². The van der Waals surface area contributed by atoms with Crippen LogP contribution in [-0.4, -0.2) is 21.6 Å². The number of nitrogens with zero attached hydrogens (tertiary/aromatic N) is 2. The number of thiophene rings is 1. The number of aromatic amines is 1. The molecule has 1 aromatic carbocycles. The smallest absolute Gasteiger partial charge is 0.433 e. The third-order valence-corrected chi connectivity index (χ3v) is 5.21. The molecule has 11 heteroatoms. The van der Waals surface area contributed by atoms with Crippen LogP contribution in [0.2, 0.25) is 0 Å². The molecule has 3 aromatic heterocycles. The number of H-pyrrole nitrogens is 1. The summed E-state index contributed by atoms with van der Waals surface area (Å²) in [6.07, 6.45) is -4.61. The molecule has 3 heterocycles. The van der Waals surface area contributed by atoms with E-state index in [0.29, 0.717) is 16.5 Å². The summed E-state index contributed by atoms with van der Waals surface area (Å²) in [7, 11) is 0. The summed E-state index contributed by atoms with van der Waals surface area (Å²) in [5, 5.41) is 0.364. The lowest BCUT2D eigenvalue weighted by Gasteiger charge is -2.07. The van der Waals surface area contributed by atoms with Crippen LogP contribution in [-0.2, 0) is 6.18 Å². The number of aromatic nitrogens is 3. The maximum absolute atomic E-state index is 13.0. The van der Waals surface area contributed by atoms with Gasteiger partial charge in [0.05, 0.1) is 5.52 Å². The van der Waals surface area contributed by atoms with Gasteiger partial charge >= 0.3 is 12.8 Å². The molecule has 0 radical (unpaired) electrons. The topological polar surface area (TPSA) is 67.9 Å². The quantitative estimate of drug-likeness (QED) is 0.461. The first-order valence-corrected chi connectivity index (χ1v) is 8.92. The molecule has 29 heavy (non-hydrogen) atoms. The molecule has 0 atom stereocenters. The van der Waals surface area contributed by atoms with Crippen molar-refractivity contribution >= 4 is 31.8 Å². The average molecular weight is 427 g/mol. The molecule has 4 aromatic rings. The largest absolute Gasteiger partial charge is 0.435 e. The standard InChI is InChI=1S/C18H10F5N3O2S/c1-7-6-10(18(21,22)23)24-16-11(7)12-13(29-16)15(27)26-14(25-12)8-2-4-9(5-3-8)28-17(19)20/h2-6,17H,1H3,(H,25,26,27). The van der Waals surface area contributed by atoms with Crippen LogP contribution in [0.15, 0.2) is 35.1 Å². The summed E-state index contributed by atoms with van der Waals surface area (Å²) in [5.41, 5.74) is -0.634. The first kappa shape index (κ1) is 19.2. The highest BCUT2D eigenvalue weighted by Gasteiger charge is 2.33. The van der Waals surface area contributed by atoms with E-state index in [9.17, 15) is 26.7 Å². The molecule has 1 N–H and O–H groups in total. The van der Waals surface area contributed by atoms with E-state index in [-0.39, 0.29) is 26.6 Å². The Morgan fingerprint density at radius 1 is 1.14 bits per heavy atom. The van der Waals surface area contributed by atoms with Gasteiger partial charge in [0.2, 0.25) is 0 Å². The summed E-state index contributed by atoms with van der Waals surface area (Å²) < 4.78 is 68.0. The van der Waals surface area contributed by atoms with E-state index in [1.165, 1.54) is 31.2 Å². The third kappa shape index (κ3) is 3.53. The van der Waals surface area contributed by atoms with E-state index in [1.807, 2.05) is 0 Å². The van der Waals surface area contributed by atoms with Crippen LogP contribution in [0.25, 0.3) is 31.8 Å². The number of aryl methyl sites for hydroxylation is 1. The molecule has 150 valence electrons. The fourth-order valence-electron chi connectivity index (χ4n) is 2.90. The monoisotopic (exact) mass is 427 g/mol. The minimum atomic E-state index is -4.61. The molecular weight excluding hydrogens is 417 g/mol. The fraction of sp³-hybridized carbons (Fsp3) is 0.167. The van der Waals surface area contributed by atoms with E-state index in [2.05, 4.69) is 19.7 Å². The molecule has 5 nitrogen and oxygen atoms in total. The second-order valence-electron chi connectivity index (χ2n) is 6.10. The number of nitrogens with one attached hydrogen (secondary N) is 1. The minimum absolute atomic E-state index is 0.0585. The van der Waals surface area contributed by atoms with Gasteiger partial charge in [0.25, 0.3) is 5.56 Å². The zero-order chi connectivity index (χ0) is 20.9. The highest BCUT2D eigenvalue weighted by molar-refractivity contribution is 7.25. The fourth-order valence-corrected chi connectivity index (χ4v) is 3.99. The molecule has 0 spiro atoms. The van der Waals surface area contributed by atoms with E-state index < -0.39 is 24.0 Å². The number of ether oxygens (including phenoxy) is 1. The molecule has 0 saturated carbocycles. The molecule has 0 bridgehead atoms. The van der Waals surface area contributed by atoms with E-state index in [1.54, 1.807) is 0 Å². The third-order valence-electron chi connectivity index (χ3n) is 4.14. The summed E-state index contributed by atoms with van der Waals surface area (Å²) >= 11 is 0.825. The Labute approximate surface area is 162 Å². The van der Waals surface area contributed by atoms with Crippen molar-refractivity contribution in [2.45, 2.75) is 19.7 Å². The van der Waals surface area contributed by atoms with Crippen LogP contribution in [0.5, 0.6) is 5.75 Å². The number of rotatable bonds is 3. The van der Waals surface area contributed by atoms with Gasteiger partial charge in [0, 0.05) is 10.9 Å². The normalized spacial score (nSPS) is 12.2. The second-order valence-corrected chi connectivity index (χ2v) is 7.10. The Bertz CT molecular complexity index is 1280. The van der Waals surface area contributed by atoms with Gasteiger partial charge in [-0.05, 0) is 42.8 Å². The Hall–Kier alpha value is -3.08. The van der Waals surface area contributed by atoms with Gasteiger partial charge in [-0.3, -0.25) is 4.79 Å². The maximum Gasteiger partial charge on any atom is 0.433 e. The van der Waals surface area contributed by atoms with Crippen molar-refractivity contribution in [1.82, 2.24) is 15.0 Å². The van der Waals surface area contributed by atoms with Crippen molar-refractivity contribution in [2.75, 3.05) is 0 Å². The van der Waals surface area contributed by atoms with Crippen LogP contribution >= 0.6 is 11.3 Å². The summed E-state index contributed by atoms with van der Waals surface area (Å²) in [4.78, 5) is 23.1. The lowest BCUT2D eigenvalue weighted by molar-refractivity contribution is -0.141. The van der Waals surface area contributed by atoms with E-state index in [0.717, 1.165) is 17.4 Å². The predicted octanol–water partition coefficient (Wildman–Crippen LogP) is 5.13. The van der Waals surface area contributed by atoms with Crippen LogP contribution in [0, 0.1) is 6.92 Å². The molecule has 0 aliphatic carbocycles. The summed E-state index contributed by atoms with van der Waals surface area (Å²) in [6, 6.07) is 6.36. The van der Waals surface area contributed by atoms with Crippen molar-refractivity contribution in [1.29, 1.82) is 0 Å². The average Bonchev–Trinajstić information content (AvgIpc) is 3.01. The SMILES string of the molecule is Cc1cc(C(F)(F)F)nc2sc3c(=O)[nH]c(-c4ccc(OC(F)F)cc4)nc3c12. The Morgan fingerprint density at radius 2 is 1.83 bits per heavy atom. The van der Waals surface area contributed by atoms with Crippen molar-refractivity contribution < 1.29 is 26.7 Å². The number of pyridine rings is 1. The summed E-state index contributed by atoms with van der Waals surface area (Å²) in [6.45, 7) is -1.48. The van der Waals surface area contributed by atoms with Crippen molar-refractivity contribution in [3.05, 3.63) is 51.9 Å². The molecule has 0 unspecified atom stereocenters. The van der Waals surface area contributed by atoms with Crippen molar-refractivity contribution in [3.8, 4) is 17.1 Å². The lowest BCUT2D eigenvalue weighted by atomic mass is 10.1. The first-order chi connectivity index (χ1) is 13.6. The van der Waals surface area contributed by atoms with Gasteiger partial charge in [0.15, 0.2) is 0 Å². The molecule has 4 rings (SSSR count). The molecule has 0 aliphatic heterocycles. The number of benzene rings is 1. The molecule has 0 amide bonds. The second kappa shape index (κ2) is 6.76. The van der Waals surface area contributed by atoms with Crippen LogP contribution in [0.3, 0.4) is 0 Å². The molecule has 0 fully saturated rings. The minimum Gasteiger partial charge on any atom is -0.435 e.